The molecular weight excluding hydrogens is 527 g/mol. The van der Waals surface area contributed by atoms with Crippen LogP contribution in [0.5, 0.6) is 0 Å². The van der Waals surface area contributed by atoms with E-state index in [1.54, 1.807) is 12.1 Å². The third-order valence-electron chi connectivity index (χ3n) is 5.53. The Morgan fingerprint density at radius 1 is 1.14 bits per heavy atom. The fraction of sp³-hybridized carbons (Fsp3) is 0.0870. The predicted molar refractivity (Wildman–Crippen MR) is 135 cm³/mol. The molecule has 1 atom stereocenters. The first-order valence-corrected chi connectivity index (χ1v) is 11.8. The minimum atomic E-state index is -0.844. The van der Waals surface area contributed by atoms with E-state index in [4.69, 9.17) is 11.6 Å². The van der Waals surface area contributed by atoms with E-state index in [2.05, 4.69) is 30.3 Å². The molecule has 5 aromatic rings. The molecule has 37 heavy (non-hydrogen) atoms. The second-order valence-electron chi connectivity index (χ2n) is 7.77. The number of rotatable bonds is 6. The largest absolute Gasteiger partial charge is 0.438 e. The molecule has 11 nitrogen and oxygen atoms in total. The fourth-order valence-corrected chi connectivity index (χ4v) is 4.88. The van der Waals surface area contributed by atoms with Gasteiger partial charge in [-0.1, -0.05) is 16.8 Å². The molecule has 0 saturated carbocycles. The minimum absolute atomic E-state index is 0.0596. The van der Waals surface area contributed by atoms with Gasteiger partial charge < -0.3 is 15.6 Å². The van der Waals surface area contributed by atoms with Crippen molar-refractivity contribution in [2.45, 2.75) is 6.04 Å². The zero-order valence-electron chi connectivity index (χ0n) is 18.8. The molecular formula is C23H16ClFN6O5S. The molecule has 0 spiro atoms. The summed E-state index contributed by atoms with van der Waals surface area (Å²) in [5.41, 5.74) is -0.864. The smallest absolute Gasteiger partial charge is 0.386 e. The normalized spacial score (nSPS) is 12.0. The standard InChI is InChI=1S/C23H16ClFN6O5S/c1-26-15-8-12-14(9-13(15)25)27-22(34)31(21(12)33)11-4-2-10(3-5-11)20(32)28-18(16-6-7-17(24)37-16)19-29-23(35)36-30-19/h2-9,18,26H,1H3,(H,27,34)(H,28,32)(H,29,30,35). The quantitative estimate of drug-likeness (QED) is 0.257. The van der Waals surface area contributed by atoms with E-state index in [-0.39, 0.29) is 33.7 Å². The molecule has 0 fully saturated rings. The second kappa shape index (κ2) is 9.52. The first-order chi connectivity index (χ1) is 17.7. The number of carbonyl (C=O) groups is 1. The van der Waals surface area contributed by atoms with Crippen molar-refractivity contribution in [1.29, 1.82) is 0 Å². The van der Waals surface area contributed by atoms with Crippen LogP contribution >= 0.6 is 22.9 Å². The van der Waals surface area contributed by atoms with Gasteiger partial charge in [0.15, 0.2) is 5.82 Å². The van der Waals surface area contributed by atoms with Gasteiger partial charge in [0, 0.05) is 23.6 Å². The molecule has 3 aromatic heterocycles. The Kier molecular flexibility index (Phi) is 6.23. The Balaban J connectivity index is 1.47. The molecule has 0 radical (unpaired) electrons. The molecule has 2 aromatic carbocycles. The van der Waals surface area contributed by atoms with Crippen molar-refractivity contribution in [1.82, 2.24) is 25.0 Å². The van der Waals surface area contributed by atoms with E-state index in [0.717, 1.165) is 10.6 Å². The highest BCUT2D eigenvalue weighted by molar-refractivity contribution is 7.16. The van der Waals surface area contributed by atoms with Crippen molar-refractivity contribution in [2.75, 3.05) is 12.4 Å². The van der Waals surface area contributed by atoms with Crippen LogP contribution in [0.3, 0.4) is 0 Å². The van der Waals surface area contributed by atoms with Crippen molar-refractivity contribution in [3.05, 3.63) is 106 Å². The van der Waals surface area contributed by atoms with Crippen LogP contribution in [0.1, 0.15) is 27.1 Å². The number of nitrogens with one attached hydrogen (secondary N) is 4. The number of fused-ring (bicyclic) bond motifs is 1. The van der Waals surface area contributed by atoms with Crippen LogP contribution in [0.15, 0.2) is 67.4 Å². The maximum atomic E-state index is 14.1. The van der Waals surface area contributed by atoms with Gasteiger partial charge in [-0.2, -0.15) is 0 Å². The van der Waals surface area contributed by atoms with E-state index in [1.165, 1.54) is 48.7 Å². The van der Waals surface area contributed by atoms with Crippen molar-refractivity contribution in [3.63, 3.8) is 0 Å². The summed E-state index contributed by atoms with van der Waals surface area (Å²) >= 11 is 7.21. The third kappa shape index (κ3) is 4.57. The van der Waals surface area contributed by atoms with Gasteiger partial charge in [-0.3, -0.25) is 19.1 Å². The van der Waals surface area contributed by atoms with Crippen LogP contribution in [-0.2, 0) is 0 Å². The highest BCUT2D eigenvalue weighted by Gasteiger charge is 2.24. The first-order valence-electron chi connectivity index (χ1n) is 10.6. The van der Waals surface area contributed by atoms with E-state index in [0.29, 0.717) is 9.21 Å². The molecule has 1 unspecified atom stereocenters. The molecule has 0 saturated heterocycles. The van der Waals surface area contributed by atoms with E-state index < -0.39 is 34.8 Å². The minimum Gasteiger partial charge on any atom is -0.386 e. The van der Waals surface area contributed by atoms with Gasteiger partial charge >= 0.3 is 11.4 Å². The van der Waals surface area contributed by atoms with Crippen molar-refractivity contribution in [3.8, 4) is 5.69 Å². The van der Waals surface area contributed by atoms with Crippen LogP contribution in [0.25, 0.3) is 16.6 Å². The van der Waals surface area contributed by atoms with Gasteiger partial charge in [-0.05, 0) is 42.5 Å². The van der Waals surface area contributed by atoms with Crippen LogP contribution in [0.4, 0.5) is 10.1 Å². The predicted octanol–water partition coefficient (Wildman–Crippen LogP) is 2.77. The lowest BCUT2D eigenvalue weighted by molar-refractivity contribution is 0.0941. The highest BCUT2D eigenvalue weighted by Crippen LogP contribution is 2.29. The third-order valence-corrected chi connectivity index (χ3v) is 6.82. The van der Waals surface area contributed by atoms with Crippen molar-refractivity contribution >= 4 is 45.4 Å². The number of benzene rings is 2. The van der Waals surface area contributed by atoms with Crippen LogP contribution < -0.4 is 27.6 Å². The lowest BCUT2D eigenvalue weighted by Gasteiger charge is -2.15. The number of thiophene rings is 1. The zero-order chi connectivity index (χ0) is 26.3. The summed E-state index contributed by atoms with van der Waals surface area (Å²) in [6.07, 6.45) is 0. The molecule has 188 valence electrons. The van der Waals surface area contributed by atoms with Gasteiger partial charge in [-0.25, -0.2) is 18.5 Å². The number of H-pyrrole nitrogens is 2. The molecule has 14 heteroatoms. The molecule has 3 heterocycles. The Hall–Kier alpha value is -4.49. The van der Waals surface area contributed by atoms with Crippen LogP contribution in [0, 0.1) is 5.82 Å². The Morgan fingerprint density at radius 3 is 2.51 bits per heavy atom. The van der Waals surface area contributed by atoms with Crippen LogP contribution in [-0.4, -0.2) is 32.6 Å². The lowest BCUT2D eigenvalue weighted by Crippen LogP contribution is -2.34. The number of halogens is 2. The molecule has 5 rings (SSSR count). The molecule has 1 amide bonds. The topological polar surface area (TPSA) is 155 Å². The average molecular weight is 543 g/mol. The summed E-state index contributed by atoms with van der Waals surface area (Å²) in [4.78, 5) is 55.7. The second-order valence-corrected chi connectivity index (χ2v) is 9.52. The highest BCUT2D eigenvalue weighted by atomic mass is 35.5. The monoisotopic (exact) mass is 542 g/mol. The number of amides is 1. The van der Waals surface area contributed by atoms with E-state index in [1.807, 2.05) is 0 Å². The van der Waals surface area contributed by atoms with Crippen LogP contribution in [0.2, 0.25) is 4.34 Å². The fourth-order valence-electron chi connectivity index (χ4n) is 3.76. The Morgan fingerprint density at radius 2 is 1.89 bits per heavy atom. The molecule has 0 aliphatic carbocycles. The Bertz CT molecular complexity index is 1820. The molecule has 0 bridgehead atoms. The maximum Gasteiger partial charge on any atom is 0.438 e. The van der Waals surface area contributed by atoms with Gasteiger partial charge in [0.2, 0.25) is 0 Å². The zero-order valence-corrected chi connectivity index (χ0v) is 20.4. The summed E-state index contributed by atoms with van der Waals surface area (Å²) in [5, 5.41) is 9.18. The summed E-state index contributed by atoms with van der Waals surface area (Å²) in [6, 6.07) is 10.6. The van der Waals surface area contributed by atoms with Gasteiger partial charge in [0.25, 0.3) is 11.5 Å². The number of aromatic nitrogens is 4. The Labute approximate surface area is 214 Å². The number of carbonyl (C=O) groups excluding carboxylic acids is 1. The summed E-state index contributed by atoms with van der Waals surface area (Å²) in [6.45, 7) is 0. The average Bonchev–Trinajstić information content (AvgIpc) is 3.50. The summed E-state index contributed by atoms with van der Waals surface area (Å²) < 4.78 is 20.0. The van der Waals surface area contributed by atoms with E-state index in [9.17, 15) is 23.6 Å². The number of hydrogen-bond acceptors (Lipinski definition) is 8. The summed E-state index contributed by atoms with van der Waals surface area (Å²) in [7, 11) is 1.51. The molecule has 4 N–H and O–H groups in total. The SMILES string of the molecule is CNc1cc2c(=O)n(-c3ccc(C(=O)NC(c4noc(=O)[nH]4)c4ccc(Cl)s4)cc3)c(=O)[nH]c2cc1F. The number of hydrogen-bond donors (Lipinski definition) is 4. The van der Waals surface area contributed by atoms with E-state index >= 15 is 0 Å². The summed E-state index contributed by atoms with van der Waals surface area (Å²) in [5.74, 6) is -1.84. The first kappa shape index (κ1) is 24.2. The number of nitrogens with zero attached hydrogens (tertiary/aromatic N) is 2. The van der Waals surface area contributed by atoms with Gasteiger partial charge in [0.1, 0.15) is 11.9 Å². The number of aromatic amines is 2. The molecule has 0 aliphatic rings. The van der Waals surface area contributed by atoms with Crippen molar-refractivity contribution < 1.29 is 13.7 Å². The lowest BCUT2D eigenvalue weighted by atomic mass is 10.1. The van der Waals surface area contributed by atoms with Gasteiger partial charge in [0.05, 0.1) is 26.6 Å². The maximum absolute atomic E-state index is 14.1. The van der Waals surface area contributed by atoms with Gasteiger partial charge in [-0.15, -0.1) is 11.3 Å². The number of anilines is 1. The van der Waals surface area contributed by atoms with Crippen molar-refractivity contribution in [2.24, 2.45) is 0 Å². The molecule has 0 aliphatic heterocycles.